The van der Waals surface area contributed by atoms with Crippen molar-refractivity contribution in [2.24, 2.45) is 0 Å². The summed E-state index contributed by atoms with van der Waals surface area (Å²) in [6.45, 7) is 1.47. The van der Waals surface area contributed by atoms with E-state index in [1.54, 1.807) is 6.92 Å². The summed E-state index contributed by atoms with van der Waals surface area (Å²) in [7, 11) is 0. The third-order valence-electron chi connectivity index (χ3n) is 3.87. The number of hydrogen-bond donors (Lipinski definition) is 1. The Kier molecular flexibility index (Phi) is 3.89. The lowest BCUT2D eigenvalue weighted by atomic mass is 10.1. The first-order valence-electron chi connectivity index (χ1n) is 7.15. The number of thiazole rings is 1. The van der Waals surface area contributed by atoms with Crippen LogP contribution in [0.1, 0.15) is 21.1 Å². The summed E-state index contributed by atoms with van der Waals surface area (Å²) in [5, 5.41) is 9.69. The van der Waals surface area contributed by atoms with Gasteiger partial charge in [-0.25, -0.2) is 14.2 Å². The maximum Gasteiger partial charge on any atom is 0.343 e. The van der Waals surface area contributed by atoms with Gasteiger partial charge in [-0.05, 0) is 6.92 Å². The molecule has 1 N–H and O–H groups in total. The number of rotatable bonds is 3. The molecule has 0 spiro atoms. The van der Waals surface area contributed by atoms with Crippen LogP contribution in [-0.4, -0.2) is 45.6 Å². The highest BCUT2D eigenvalue weighted by atomic mass is 32.1. The van der Waals surface area contributed by atoms with Gasteiger partial charge in [0.15, 0.2) is 0 Å². The van der Waals surface area contributed by atoms with Crippen molar-refractivity contribution in [3.63, 3.8) is 0 Å². The van der Waals surface area contributed by atoms with Crippen LogP contribution in [0.15, 0.2) is 30.3 Å². The van der Waals surface area contributed by atoms with Gasteiger partial charge in [-0.1, -0.05) is 30.3 Å². The Hall–Kier alpha value is -2.28. The van der Waals surface area contributed by atoms with Crippen molar-refractivity contribution in [2.45, 2.75) is 19.0 Å². The van der Waals surface area contributed by atoms with Crippen LogP contribution in [0.4, 0.5) is 4.39 Å². The van der Waals surface area contributed by atoms with Crippen LogP contribution in [0.3, 0.4) is 0 Å². The second-order valence-electron chi connectivity index (χ2n) is 5.52. The third-order valence-corrected chi connectivity index (χ3v) is 4.82. The van der Waals surface area contributed by atoms with Crippen molar-refractivity contribution in [1.29, 1.82) is 0 Å². The number of nitrogens with zero attached hydrogens (tertiary/aromatic N) is 2. The van der Waals surface area contributed by atoms with Gasteiger partial charge in [-0.15, -0.1) is 11.3 Å². The van der Waals surface area contributed by atoms with Crippen molar-refractivity contribution in [2.75, 3.05) is 13.1 Å². The number of aliphatic carboxylic acids is 1. The highest BCUT2D eigenvalue weighted by Crippen LogP contribution is 2.32. The maximum absolute atomic E-state index is 14.2. The third kappa shape index (κ3) is 2.84. The normalized spacial score (nSPS) is 20.7. The van der Waals surface area contributed by atoms with Crippen molar-refractivity contribution >= 4 is 23.2 Å². The average Bonchev–Trinajstić information content (AvgIpc) is 3.12. The molecule has 0 bridgehead atoms. The molecule has 1 atom stereocenters. The first kappa shape index (κ1) is 15.6. The van der Waals surface area contributed by atoms with Gasteiger partial charge in [0.25, 0.3) is 5.91 Å². The Morgan fingerprint density at radius 1 is 1.35 bits per heavy atom. The lowest BCUT2D eigenvalue weighted by Gasteiger charge is -2.17. The summed E-state index contributed by atoms with van der Waals surface area (Å²) < 4.78 is 14.2. The lowest BCUT2D eigenvalue weighted by molar-refractivity contribution is -0.149. The molecule has 2 aromatic rings. The zero-order chi connectivity index (χ0) is 16.6. The fourth-order valence-corrected chi connectivity index (χ4v) is 3.54. The number of carboxylic acids is 1. The van der Waals surface area contributed by atoms with Gasteiger partial charge < -0.3 is 10.0 Å². The van der Waals surface area contributed by atoms with E-state index in [4.69, 9.17) is 5.11 Å². The molecule has 1 amide bonds. The van der Waals surface area contributed by atoms with Crippen LogP contribution < -0.4 is 0 Å². The van der Waals surface area contributed by atoms with Crippen LogP contribution in [0.2, 0.25) is 0 Å². The monoisotopic (exact) mass is 334 g/mol. The van der Waals surface area contributed by atoms with Gasteiger partial charge in [0.1, 0.15) is 4.88 Å². The second kappa shape index (κ2) is 5.73. The van der Waals surface area contributed by atoms with Gasteiger partial charge in [-0.3, -0.25) is 4.79 Å². The fourth-order valence-electron chi connectivity index (χ4n) is 2.63. The molecule has 1 unspecified atom stereocenters. The minimum absolute atomic E-state index is 0.0901. The highest BCUT2D eigenvalue weighted by Gasteiger charge is 2.47. The first-order valence-corrected chi connectivity index (χ1v) is 7.97. The maximum atomic E-state index is 14.2. The molecule has 0 radical (unpaired) electrons. The Morgan fingerprint density at radius 3 is 2.65 bits per heavy atom. The summed E-state index contributed by atoms with van der Waals surface area (Å²) in [6, 6.07) is 9.28. The quantitative estimate of drug-likeness (QED) is 0.937. The lowest BCUT2D eigenvalue weighted by Crippen LogP contribution is -2.38. The zero-order valence-electron chi connectivity index (χ0n) is 12.5. The van der Waals surface area contributed by atoms with Gasteiger partial charge in [0, 0.05) is 18.5 Å². The molecule has 7 heteroatoms. The van der Waals surface area contributed by atoms with E-state index in [0.717, 1.165) is 10.6 Å². The molecule has 1 aromatic heterocycles. The molecule has 0 aliphatic carbocycles. The number of halogens is 1. The smallest absolute Gasteiger partial charge is 0.343 e. The molecule has 2 heterocycles. The van der Waals surface area contributed by atoms with E-state index in [0.29, 0.717) is 10.6 Å². The van der Waals surface area contributed by atoms with Crippen LogP contribution >= 0.6 is 11.3 Å². The van der Waals surface area contributed by atoms with E-state index < -0.39 is 18.2 Å². The van der Waals surface area contributed by atoms with Gasteiger partial charge in [0.05, 0.1) is 17.2 Å². The van der Waals surface area contributed by atoms with Crippen LogP contribution in [0, 0.1) is 6.92 Å². The number of amides is 1. The topological polar surface area (TPSA) is 70.5 Å². The molecule has 5 nitrogen and oxygen atoms in total. The Morgan fingerprint density at radius 2 is 2.04 bits per heavy atom. The molecular formula is C16H15FN2O3S. The standard InChI is InChI=1S/C16H15FN2O3S/c1-10-18-12(11-5-3-2-4-6-11)13(23-10)14(20)19-8-7-16(17,9-19)15(21)22/h2-6H,7-9H2,1H3,(H,21,22). The fraction of sp³-hybridized carbons (Fsp3) is 0.312. The molecule has 23 heavy (non-hydrogen) atoms. The molecule has 1 aliphatic rings. The number of hydrogen-bond acceptors (Lipinski definition) is 4. The Balaban J connectivity index is 1.91. The molecule has 1 saturated heterocycles. The number of aryl methyl sites for hydroxylation is 1. The van der Waals surface area contributed by atoms with Gasteiger partial charge in [-0.2, -0.15) is 0 Å². The summed E-state index contributed by atoms with van der Waals surface area (Å²) in [4.78, 5) is 29.8. The highest BCUT2D eigenvalue weighted by molar-refractivity contribution is 7.14. The molecule has 3 rings (SSSR count). The summed E-state index contributed by atoms with van der Waals surface area (Å²) >= 11 is 1.24. The Bertz CT molecular complexity index is 762. The van der Waals surface area contributed by atoms with Crippen LogP contribution in [0.5, 0.6) is 0 Å². The van der Waals surface area contributed by atoms with Crippen LogP contribution in [-0.2, 0) is 4.79 Å². The molecule has 1 fully saturated rings. The second-order valence-corrected chi connectivity index (χ2v) is 6.73. The van der Waals surface area contributed by atoms with E-state index in [2.05, 4.69) is 4.98 Å². The van der Waals surface area contributed by atoms with Crippen molar-refractivity contribution in [3.05, 3.63) is 40.2 Å². The molecule has 1 aliphatic heterocycles. The minimum Gasteiger partial charge on any atom is -0.479 e. The summed E-state index contributed by atoms with van der Waals surface area (Å²) in [5.41, 5.74) is -0.989. The number of carbonyl (C=O) groups is 2. The Labute approximate surface area is 136 Å². The number of aromatic nitrogens is 1. The van der Waals surface area contributed by atoms with E-state index in [1.807, 2.05) is 30.3 Å². The van der Waals surface area contributed by atoms with Gasteiger partial charge >= 0.3 is 5.97 Å². The number of likely N-dealkylation sites (tertiary alicyclic amines) is 1. The molecule has 0 saturated carbocycles. The van der Waals surface area contributed by atoms with Crippen molar-refractivity contribution in [3.8, 4) is 11.3 Å². The SMILES string of the molecule is Cc1nc(-c2ccccc2)c(C(=O)N2CCC(F)(C(=O)O)C2)s1. The van der Waals surface area contributed by atoms with E-state index >= 15 is 0 Å². The largest absolute Gasteiger partial charge is 0.479 e. The van der Waals surface area contributed by atoms with Crippen molar-refractivity contribution < 1.29 is 19.1 Å². The first-order chi connectivity index (χ1) is 10.9. The molecule has 120 valence electrons. The van der Waals surface area contributed by atoms with Gasteiger partial charge in [0.2, 0.25) is 5.67 Å². The predicted molar refractivity (Wildman–Crippen MR) is 84.3 cm³/mol. The zero-order valence-corrected chi connectivity index (χ0v) is 13.3. The van der Waals surface area contributed by atoms with E-state index in [-0.39, 0.29) is 18.9 Å². The van der Waals surface area contributed by atoms with Crippen LogP contribution in [0.25, 0.3) is 11.3 Å². The number of carboxylic acid groups (broad SMARTS) is 1. The van der Waals surface area contributed by atoms with E-state index in [1.165, 1.54) is 16.2 Å². The number of carbonyl (C=O) groups excluding carboxylic acids is 1. The minimum atomic E-state index is -2.36. The van der Waals surface area contributed by atoms with Crippen molar-refractivity contribution in [1.82, 2.24) is 9.88 Å². The number of benzene rings is 1. The van der Waals surface area contributed by atoms with E-state index in [9.17, 15) is 14.0 Å². The number of alkyl halides is 1. The average molecular weight is 334 g/mol. The molecular weight excluding hydrogens is 319 g/mol. The summed E-state index contributed by atoms with van der Waals surface area (Å²) in [6.07, 6.45) is -0.188. The summed E-state index contributed by atoms with van der Waals surface area (Å²) in [5.74, 6) is -1.88. The predicted octanol–water partition coefficient (Wildman–Crippen LogP) is 2.76. The molecule has 1 aromatic carbocycles.